The predicted molar refractivity (Wildman–Crippen MR) is 149 cm³/mol. The van der Waals surface area contributed by atoms with Gasteiger partial charge in [-0.1, -0.05) is 23.2 Å². The van der Waals surface area contributed by atoms with Crippen LogP contribution < -0.4 is 9.21 Å². The number of thioether (sulfide) groups is 1. The van der Waals surface area contributed by atoms with Crippen LogP contribution in [0.25, 0.3) is 16.7 Å². The van der Waals surface area contributed by atoms with Crippen LogP contribution in [0.15, 0.2) is 64.8 Å². The second-order valence-electron chi connectivity index (χ2n) is 8.61. The van der Waals surface area contributed by atoms with E-state index >= 15 is 0 Å². The number of fused-ring (bicyclic) bond motifs is 1. The van der Waals surface area contributed by atoms with Crippen LogP contribution in [0.4, 0.5) is 11.5 Å². The minimum absolute atomic E-state index is 0.0137. The van der Waals surface area contributed by atoms with Crippen molar-refractivity contribution in [2.24, 2.45) is 0 Å². The molecule has 2 aromatic heterocycles. The lowest BCUT2D eigenvalue weighted by molar-refractivity contribution is -0.135. The van der Waals surface area contributed by atoms with E-state index in [-0.39, 0.29) is 22.2 Å². The Morgan fingerprint density at radius 3 is 2.51 bits per heavy atom. The Hall–Kier alpha value is -2.73. The summed E-state index contributed by atoms with van der Waals surface area (Å²) in [4.78, 5) is 13.8. The fraction of sp³-hybridized carbons (Fsp3) is 0.292. The molecule has 37 heavy (non-hydrogen) atoms. The first-order valence-electron chi connectivity index (χ1n) is 11.5. The molecule has 0 saturated carbocycles. The van der Waals surface area contributed by atoms with Crippen LogP contribution in [0.1, 0.15) is 6.42 Å². The SMILES string of the molecule is O=C(O)CN(c1ccc2c(ccn2-c2ccc(N3CCSCC3)nn2)c1)S(=O)(=O)C1C=C(Cl)C=C(Cl)C1. The number of allylic oxidation sites excluding steroid dienone is 3. The Labute approximate surface area is 228 Å². The summed E-state index contributed by atoms with van der Waals surface area (Å²) in [7, 11) is -4.14. The molecule has 1 fully saturated rings. The minimum atomic E-state index is -4.14. The molecule has 1 saturated heterocycles. The number of aromatic nitrogens is 3. The molecule has 194 valence electrons. The van der Waals surface area contributed by atoms with Crippen molar-refractivity contribution in [3.8, 4) is 5.82 Å². The molecule has 1 atom stereocenters. The zero-order valence-corrected chi connectivity index (χ0v) is 22.6. The molecule has 1 N–H and O–H groups in total. The number of hydrogen-bond donors (Lipinski definition) is 1. The van der Waals surface area contributed by atoms with Gasteiger partial charge in [0.25, 0.3) is 0 Å². The van der Waals surface area contributed by atoms with Crippen molar-refractivity contribution in [3.05, 3.63) is 64.8 Å². The molecule has 5 rings (SSSR count). The van der Waals surface area contributed by atoms with E-state index in [1.165, 1.54) is 12.2 Å². The number of carboxylic acids is 1. The standard InChI is InChI=1S/C24H23Cl2N5O4S2/c25-17-12-18(26)14-20(13-17)37(34,35)31(15-24(32)33)19-1-2-21-16(11-19)5-6-30(21)23-4-3-22(27-28-23)29-7-9-36-10-8-29/h1-6,11-13,20H,7-10,14-15H2,(H,32,33). The molecule has 1 unspecified atom stereocenters. The number of sulfonamides is 1. The Morgan fingerprint density at radius 2 is 1.84 bits per heavy atom. The monoisotopic (exact) mass is 579 g/mol. The Kier molecular flexibility index (Phi) is 7.39. The van der Waals surface area contributed by atoms with E-state index in [4.69, 9.17) is 23.2 Å². The Morgan fingerprint density at radius 1 is 1.11 bits per heavy atom. The van der Waals surface area contributed by atoms with E-state index in [9.17, 15) is 18.3 Å². The Balaban J connectivity index is 1.46. The molecule has 2 aliphatic rings. The highest BCUT2D eigenvalue weighted by molar-refractivity contribution is 7.99. The van der Waals surface area contributed by atoms with E-state index < -0.39 is 27.8 Å². The quantitative estimate of drug-likeness (QED) is 0.443. The maximum atomic E-state index is 13.5. The number of nitrogens with zero attached hydrogens (tertiary/aromatic N) is 5. The summed E-state index contributed by atoms with van der Waals surface area (Å²) in [5, 5.41) is 18.4. The van der Waals surface area contributed by atoms with Crippen LogP contribution in [0.3, 0.4) is 0 Å². The van der Waals surface area contributed by atoms with Crippen molar-refractivity contribution >= 4 is 73.4 Å². The van der Waals surface area contributed by atoms with Crippen LogP contribution in [-0.2, 0) is 14.8 Å². The first kappa shape index (κ1) is 25.9. The molecule has 13 heteroatoms. The second-order valence-corrected chi connectivity index (χ2v) is 12.8. The summed E-state index contributed by atoms with van der Waals surface area (Å²) in [5.41, 5.74) is 1.01. The number of hydrogen-bond acceptors (Lipinski definition) is 7. The van der Waals surface area contributed by atoms with Gasteiger partial charge < -0.3 is 10.0 Å². The first-order chi connectivity index (χ1) is 17.7. The third-order valence-electron chi connectivity index (χ3n) is 6.18. The van der Waals surface area contributed by atoms with Crippen molar-refractivity contribution in [1.29, 1.82) is 0 Å². The highest BCUT2D eigenvalue weighted by Gasteiger charge is 2.34. The number of carbonyl (C=O) groups is 1. The number of anilines is 2. The topological polar surface area (TPSA) is 109 Å². The molecule has 0 spiro atoms. The fourth-order valence-electron chi connectivity index (χ4n) is 4.38. The van der Waals surface area contributed by atoms with Crippen molar-refractivity contribution in [2.75, 3.05) is 40.3 Å². The van der Waals surface area contributed by atoms with Gasteiger partial charge in [0.2, 0.25) is 10.0 Å². The lowest BCUT2D eigenvalue weighted by Gasteiger charge is -2.28. The van der Waals surface area contributed by atoms with Crippen molar-refractivity contribution in [2.45, 2.75) is 11.7 Å². The van der Waals surface area contributed by atoms with Crippen LogP contribution in [0.5, 0.6) is 0 Å². The van der Waals surface area contributed by atoms with Crippen LogP contribution in [0.2, 0.25) is 0 Å². The normalized spacial score (nSPS) is 18.4. The highest BCUT2D eigenvalue weighted by Crippen LogP contribution is 2.33. The van der Waals surface area contributed by atoms with Crippen molar-refractivity contribution in [3.63, 3.8) is 0 Å². The molecule has 3 aromatic rings. The smallest absolute Gasteiger partial charge is 0.324 e. The summed E-state index contributed by atoms with van der Waals surface area (Å²) < 4.78 is 29.7. The molecule has 1 aliphatic heterocycles. The van der Waals surface area contributed by atoms with Gasteiger partial charge in [-0.2, -0.15) is 11.8 Å². The van der Waals surface area contributed by atoms with Gasteiger partial charge in [-0.25, -0.2) is 8.42 Å². The van der Waals surface area contributed by atoms with Gasteiger partial charge in [0.05, 0.1) is 11.2 Å². The third kappa shape index (κ3) is 5.45. The molecular formula is C24H23Cl2N5O4S2. The second kappa shape index (κ2) is 10.6. The van der Waals surface area contributed by atoms with Gasteiger partial charge in [-0.3, -0.25) is 13.7 Å². The molecule has 0 radical (unpaired) electrons. The lowest BCUT2D eigenvalue weighted by Crippen LogP contribution is -2.41. The van der Waals surface area contributed by atoms with E-state index in [1.54, 1.807) is 18.2 Å². The summed E-state index contributed by atoms with van der Waals surface area (Å²) in [6, 6.07) is 10.6. The molecule has 1 aromatic carbocycles. The molecule has 0 amide bonds. The van der Waals surface area contributed by atoms with Gasteiger partial charge in [0, 0.05) is 52.7 Å². The van der Waals surface area contributed by atoms with E-state index in [2.05, 4.69) is 15.1 Å². The molecule has 1 aliphatic carbocycles. The van der Waals surface area contributed by atoms with Gasteiger partial charge in [0.15, 0.2) is 11.6 Å². The van der Waals surface area contributed by atoms with Crippen molar-refractivity contribution < 1.29 is 18.3 Å². The van der Waals surface area contributed by atoms with Gasteiger partial charge in [-0.15, -0.1) is 10.2 Å². The van der Waals surface area contributed by atoms with Crippen LogP contribution >= 0.6 is 35.0 Å². The number of aliphatic carboxylic acids is 1. The highest BCUT2D eigenvalue weighted by atomic mass is 35.5. The minimum Gasteiger partial charge on any atom is -0.480 e. The summed E-state index contributed by atoms with van der Waals surface area (Å²) in [5.74, 6) is 2.31. The Bertz CT molecular complexity index is 1500. The maximum absolute atomic E-state index is 13.5. The van der Waals surface area contributed by atoms with E-state index in [0.29, 0.717) is 5.82 Å². The lowest BCUT2D eigenvalue weighted by atomic mass is 10.2. The molecule has 0 bridgehead atoms. The average Bonchev–Trinajstić information content (AvgIpc) is 3.30. The average molecular weight is 581 g/mol. The predicted octanol–water partition coefficient (Wildman–Crippen LogP) is 4.21. The molecular weight excluding hydrogens is 557 g/mol. The summed E-state index contributed by atoms with van der Waals surface area (Å²) >= 11 is 14.1. The van der Waals surface area contributed by atoms with Gasteiger partial charge in [0.1, 0.15) is 11.8 Å². The maximum Gasteiger partial charge on any atom is 0.324 e. The zero-order valence-electron chi connectivity index (χ0n) is 19.5. The van der Waals surface area contributed by atoms with E-state index in [0.717, 1.165) is 45.6 Å². The zero-order chi connectivity index (χ0) is 26.2. The number of carboxylic acid groups (broad SMARTS) is 1. The molecule has 9 nitrogen and oxygen atoms in total. The number of benzene rings is 1. The van der Waals surface area contributed by atoms with Gasteiger partial charge in [-0.05, 0) is 48.6 Å². The number of halogens is 2. The van der Waals surface area contributed by atoms with E-state index in [1.807, 2.05) is 40.7 Å². The molecule has 3 heterocycles. The van der Waals surface area contributed by atoms with Crippen molar-refractivity contribution in [1.82, 2.24) is 14.8 Å². The van der Waals surface area contributed by atoms with Crippen LogP contribution in [0, 0.1) is 0 Å². The fourth-order valence-corrected chi connectivity index (χ4v) is 7.81. The van der Waals surface area contributed by atoms with Crippen LogP contribution in [-0.4, -0.2) is 70.6 Å². The number of rotatable bonds is 7. The summed E-state index contributed by atoms with van der Waals surface area (Å²) in [6.45, 7) is 1.14. The summed E-state index contributed by atoms with van der Waals surface area (Å²) in [6.07, 6.45) is 4.68. The first-order valence-corrected chi connectivity index (χ1v) is 14.9. The largest absolute Gasteiger partial charge is 0.480 e. The van der Waals surface area contributed by atoms with Gasteiger partial charge >= 0.3 is 5.97 Å². The third-order valence-corrected chi connectivity index (χ3v) is 9.65.